The molecule has 0 saturated carbocycles. The van der Waals surface area contributed by atoms with Crippen molar-refractivity contribution >= 4 is 47.1 Å². The molecule has 6 nitrogen and oxygen atoms in total. The quantitative estimate of drug-likeness (QED) is 0.349. The van der Waals surface area contributed by atoms with Crippen molar-refractivity contribution in [3.8, 4) is 0 Å². The first-order valence-corrected chi connectivity index (χ1v) is 10.7. The molecule has 0 amide bonds. The van der Waals surface area contributed by atoms with E-state index in [2.05, 4.69) is 63.8 Å². The smallest absolute Gasteiger partial charge is 0.191 e. The van der Waals surface area contributed by atoms with Crippen molar-refractivity contribution in [3.05, 3.63) is 40.0 Å². The molecule has 2 N–H and O–H groups in total. The Kier molecular flexibility index (Phi) is 9.43. The summed E-state index contributed by atoms with van der Waals surface area (Å²) in [6.07, 6.45) is 5.09. The van der Waals surface area contributed by atoms with Gasteiger partial charge in [-0.05, 0) is 44.7 Å². The first kappa shape index (κ1) is 22.9. The topological polar surface area (TPSA) is 65.4 Å². The maximum Gasteiger partial charge on any atom is 0.191 e. The molecule has 3 rings (SSSR count). The number of aliphatic imine (C=N–C) groups is 1. The predicted molar refractivity (Wildman–Crippen MR) is 129 cm³/mol. The van der Waals surface area contributed by atoms with Crippen LogP contribution in [0, 0.1) is 6.92 Å². The van der Waals surface area contributed by atoms with Crippen LogP contribution in [0.4, 0.5) is 5.82 Å². The summed E-state index contributed by atoms with van der Waals surface area (Å²) in [7, 11) is 0. The molecule has 1 fully saturated rings. The number of rotatable bonds is 6. The minimum Gasteiger partial charge on any atom is -0.357 e. The average molecular weight is 514 g/mol. The zero-order valence-corrected chi connectivity index (χ0v) is 20.1. The Morgan fingerprint density at radius 3 is 2.68 bits per heavy atom. The zero-order chi connectivity index (χ0) is 19.1. The van der Waals surface area contributed by atoms with E-state index in [-0.39, 0.29) is 24.0 Å². The third kappa shape index (κ3) is 6.58. The van der Waals surface area contributed by atoms with E-state index in [0.29, 0.717) is 12.6 Å². The molecular weight excluding hydrogens is 483 g/mol. The van der Waals surface area contributed by atoms with Crippen LogP contribution in [0.15, 0.2) is 28.7 Å². The second-order valence-corrected chi connectivity index (χ2v) is 7.82. The SMILES string of the molecule is CCNC(=NCc1csc(CC)n1)NC1CCN(c2ccc(C)cn2)CC1.I. The first-order valence-electron chi connectivity index (χ1n) is 9.83. The monoisotopic (exact) mass is 514 g/mol. The Morgan fingerprint density at radius 2 is 2.07 bits per heavy atom. The van der Waals surface area contributed by atoms with Gasteiger partial charge in [0.15, 0.2) is 5.96 Å². The number of hydrogen-bond donors (Lipinski definition) is 2. The summed E-state index contributed by atoms with van der Waals surface area (Å²) >= 11 is 1.72. The lowest BCUT2D eigenvalue weighted by molar-refractivity contribution is 0.459. The van der Waals surface area contributed by atoms with Gasteiger partial charge in [0.25, 0.3) is 0 Å². The van der Waals surface area contributed by atoms with Gasteiger partial charge in [-0.1, -0.05) is 13.0 Å². The molecule has 1 aliphatic heterocycles. The third-order valence-corrected chi connectivity index (χ3v) is 5.74. The molecule has 1 saturated heterocycles. The van der Waals surface area contributed by atoms with E-state index in [9.17, 15) is 0 Å². The van der Waals surface area contributed by atoms with Gasteiger partial charge in [0.1, 0.15) is 5.82 Å². The Bertz CT molecular complexity index is 737. The molecule has 8 heteroatoms. The summed E-state index contributed by atoms with van der Waals surface area (Å²) < 4.78 is 0. The summed E-state index contributed by atoms with van der Waals surface area (Å²) in [5, 5.41) is 10.2. The number of piperidine rings is 1. The molecule has 28 heavy (non-hydrogen) atoms. The molecule has 0 radical (unpaired) electrons. The summed E-state index contributed by atoms with van der Waals surface area (Å²) in [6, 6.07) is 4.68. The highest BCUT2D eigenvalue weighted by molar-refractivity contribution is 14.0. The van der Waals surface area contributed by atoms with Gasteiger partial charge < -0.3 is 15.5 Å². The Balaban J connectivity index is 0.00000280. The van der Waals surface area contributed by atoms with Crippen LogP contribution in [0.3, 0.4) is 0 Å². The normalized spacial score (nSPS) is 15.2. The van der Waals surface area contributed by atoms with E-state index in [1.54, 1.807) is 11.3 Å². The number of nitrogens with zero attached hydrogens (tertiary/aromatic N) is 4. The Morgan fingerprint density at radius 1 is 1.29 bits per heavy atom. The lowest BCUT2D eigenvalue weighted by Gasteiger charge is -2.33. The van der Waals surface area contributed by atoms with Gasteiger partial charge >= 0.3 is 0 Å². The number of pyridine rings is 1. The van der Waals surface area contributed by atoms with Crippen molar-refractivity contribution in [1.82, 2.24) is 20.6 Å². The minimum atomic E-state index is 0. The van der Waals surface area contributed by atoms with E-state index < -0.39 is 0 Å². The van der Waals surface area contributed by atoms with E-state index in [4.69, 9.17) is 4.99 Å². The van der Waals surface area contributed by atoms with Gasteiger partial charge in [-0.2, -0.15) is 0 Å². The number of aromatic nitrogens is 2. The average Bonchev–Trinajstić information content (AvgIpc) is 3.16. The lowest BCUT2D eigenvalue weighted by atomic mass is 10.1. The van der Waals surface area contributed by atoms with Crippen molar-refractivity contribution in [3.63, 3.8) is 0 Å². The first-order chi connectivity index (χ1) is 13.2. The Labute approximate surface area is 189 Å². The fourth-order valence-corrected chi connectivity index (χ4v) is 3.89. The summed E-state index contributed by atoms with van der Waals surface area (Å²) in [4.78, 5) is 16.2. The van der Waals surface area contributed by atoms with Gasteiger partial charge in [0.05, 0.1) is 17.2 Å². The number of guanidine groups is 1. The molecule has 0 aromatic carbocycles. The van der Waals surface area contributed by atoms with Crippen molar-refractivity contribution in [2.45, 2.75) is 52.6 Å². The minimum absolute atomic E-state index is 0. The fraction of sp³-hybridized carbons (Fsp3) is 0.550. The van der Waals surface area contributed by atoms with Crippen LogP contribution in [0.5, 0.6) is 0 Å². The van der Waals surface area contributed by atoms with Crippen LogP contribution < -0.4 is 15.5 Å². The predicted octanol–water partition coefficient (Wildman–Crippen LogP) is 3.75. The molecule has 0 unspecified atom stereocenters. The summed E-state index contributed by atoms with van der Waals surface area (Å²) in [6.45, 7) is 9.81. The molecule has 0 spiro atoms. The molecule has 2 aromatic heterocycles. The highest BCUT2D eigenvalue weighted by atomic mass is 127. The van der Waals surface area contributed by atoms with Crippen LogP contribution in [0.1, 0.15) is 43.0 Å². The second-order valence-electron chi connectivity index (χ2n) is 6.88. The van der Waals surface area contributed by atoms with Crippen LogP contribution in [0.25, 0.3) is 0 Å². The molecule has 0 bridgehead atoms. The van der Waals surface area contributed by atoms with E-state index in [1.807, 2.05) is 6.20 Å². The van der Waals surface area contributed by atoms with Gasteiger partial charge in [-0.15, -0.1) is 35.3 Å². The van der Waals surface area contributed by atoms with Crippen LogP contribution >= 0.6 is 35.3 Å². The van der Waals surface area contributed by atoms with E-state index in [0.717, 1.165) is 56.4 Å². The number of thiazole rings is 1. The summed E-state index contributed by atoms with van der Waals surface area (Å²) in [5.41, 5.74) is 2.25. The number of anilines is 1. The van der Waals surface area contributed by atoms with Crippen molar-refractivity contribution < 1.29 is 0 Å². The molecule has 0 atom stereocenters. The van der Waals surface area contributed by atoms with Crippen molar-refractivity contribution in [2.24, 2.45) is 4.99 Å². The standard InChI is InChI=1S/C20H30N6S.HI/c1-4-19-24-17(14-27-19)13-23-20(21-5-2)25-16-8-10-26(11-9-16)18-7-6-15(3)12-22-18;/h6-7,12,14,16H,4-5,8-11,13H2,1-3H3,(H2,21,23,25);1H. The van der Waals surface area contributed by atoms with Gasteiger partial charge in [0, 0.05) is 37.3 Å². The number of halogens is 1. The molecule has 2 aromatic rings. The number of nitrogens with one attached hydrogen (secondary N) is 2. The zero-order valence-electron chi connectivity index (χ0n) is 16.9. The number of hydrogen-bond acceptors (Lipinski definition) is 5. The highest BCUT2D eigenvalue weighted by Crippen LogP contribution is 2.18. The maximum absolute atomic E-state index is 4.72. The molecule has 1 aliphatic rings. The van der Waals surface area contributed by atoms with Gasteiger partial charge in [-0.3, -0.25) is 0 Å². The van der Waals surface area contributed by atoms with Crippen LogP contribution in [0.2, 0.25) is 0 Å². The third-order valence-electron chi connectivity index (χ3n) is 4.70. The Hall–Kier alpha value is -1.42. The molecule has 154 valence electrons. The highest BCUT2D eigenvalue weighted by Gasteiger charge is 2.20. The lowest BCUT2D eigenvalue weighted by Crippen LogP contribution is -2.48. The second kappa shape index (κ2) is 11.5. The van der Waals surface area contributed by atoms with E-state index >= 15 is 0 Å². The maximum atomic E-state index is 4.72. The van der Waals surface area contributed by atoms with Crippen molar-refractivity contribution in [1.29, 1.82) is 0 Å². The fourth-order valence-electron chi connectivity index (χ4n) is 3.16. The van der Waals surface area contributed by atoms with Gasteiger partial charge in [-0.25, -0.2) is 15.0 Å². The van der Waals surface area contributed by atoms with E-state index in [1.165, 1.54) is 10.6 Å². The molecule has 3 heterocycles. The number of aryl methyl sites for hydroxylation is 2. The van der Waals surface area contributed by atoms with Crippen molar-refractivity contribution in [2.75, 3.05) is 24.5 Å². The van der Waals surface area contributed by atoms with Crippen LogP contribution in [-0.2, 0) is 13.0 Å². The largest absolute Gasteiger partial charge is 0.357 e. The molecular formula is C20H31IN6S. The molecule has 0 aliphatic carbocycles. The van der Waals surface area contributed by atoms with Gasteiger partial charge in [0.2, 0.25) is 0 Å². The summed E-state index contributed by atoms with van der Waals surface area (Å²) in [5.74, 6) is 1.96. The van der Waals surface area contributed by atoms with Crippen LogP contribution in [-0.4, -0.2) is 41.6 Å².